The Kier molecular flexibility index (Phi) is 5.73. The molecule has 4 rings (SSSR count). The zero-order valence-electron chi connectivity index (χ0n) is 16.0. The van der Waals surface area contributed by atoms with E-state index >= 15 is 0 Å². The monoisotopic (exact) mass is 421 g/mol. The van der Waals surface area contributed by atoms with Crippen molar-refractivity contribution in [3.8, 4) is 0 Å². The van der Waals surface area contributed by atoms with Crippen molar-refractivity contribution < 1.29 is 4.79 Å². The standard InChI is InChI=1S/C21H19N5OS2/c1-13-11-14(2)23-20(22-13)26-25-19(27)16-9-7-15(8-10-16)12-28-21-24-17-5-3-4-6-18(17)29-21/h3-11H,12H2,1-2H3,(H,25,27)(H,22,23,26). The fraction of sp³-hybridized carbons (Fsp3) is 0.143. The third kappa shape index (κ3) is 4.90. The number of amides is 1. The quantitative estimate of drug-likeness (QED) is 0.345. The SMILES string of the molecule is Cc1cc(C)nc(NNC(=O)c2ccc(CSc3nc4ccccc4s3)cc2)n1. The Balaban J connectivity index is 1.33. The van der Waals surface area contributed by atoms with Crippen molar-refractivity contribution in [3.63, 3.8) is 0 Å². The van der Waals surface area contributed by atoms with Crippen LogP contribution in [0.2, 0.25) is 0 Å². The summed E-state index contributed by atoms with van der Waals surface area (Å²) in [5, 5.41) is 0. The van der Waals surface area contributed by atoms with Crippen LogP contribution in [0.4, 0.5) is 5.95 Å². The average molecular weight is 422 g/mol. The number of aryl methyl sites for hydroxylation is 2. The summed E-state index contributed by atoms with van der Waals surface area (Å²) in [5.74, 6) is 0.939. The van der Waals surface area contributed by atoms with Crippen LogP contribution in [0.5, 0.6) is 0 Å². The van der Waals surface area contributed by atoms with Gasteiger partial charge in [0.2, 0.25) is 5.95 Å². The van der Waals surface area contributed by atoms with Crippen molar-refractivity contribution in [2.75, 3.05) is 5.43 Å². The fourth-order valence-electron chi connectivity index (χ4n) is 2.78. The van der Waals surface area contributed by atoms with Crippen LogP contribution < -0.4 is 10.9 Å². The van der Waals surface area contributed by atoms with Crippen LogP contribution >= 0.6 is 23.1 Å². The van der Waals surface area contributed by atoms with Crippen molar-refractivity contribution >= 4 is 45.2 Å². The van der Waals surface area contributed by atoms with Crippen LogP contribution in [0.1, 0.15) is 27.3 Å². The lowest BCUT2D eigenvalue weighted by molar-refractivity contribution is 0.0962. The van der Waals surface area contributed by atoms with Crippen molar-refractivity contribution in [1.29, 1.82) is 0 Å². The number of hydrogen-bond acceptors (Lipinski definition) is 7. The van der Waals surface area contributed by atoms with E-state index in [1.165, 1.54) is 4.70 Å². The predicted molar refractivity (Wildman–Crippen MR) is 118 cm³/mol. The Labute approximate surface area is 176 Å². The molecule has 0 unspecified atom stereocenters. The van der Waals surface area contributed by atoms with E-state index in [0.717, 1.165) is 32.6 Å². The van der Waals surface area contributed by atoms with Gasteiger partial charge in [-0.1, -0.05) is 36.0 Å². The first kappa shape index (κ1) is 19.4. The number of hydrazine groups is 1. The van der Waals surface area contributed by atoms with E-state index in [0.29, 0.717) is 11.5 Å². The van der Waals surface area contributed by atoms with Gasteiger partial charge in [0.25, 0.3) is 5.91 Å². The predicted octanol–water partition coefficient (Wildman–Crippen LogP) is 4.75. The third-order valence-electron chi connectivity index (χ3n) is 4.12. The summed E-state index contributed by atoms with van der Waals surface area (Å²) in [5.41, 5.74) is 9.81. The lowest BCUT2D eigenvalue weighted by Crippen LogP contribution is -2.30. The molecule has 8 heteroatoms. The van der Waals surface area contributed by atoms with Crippen LogP contribution in [0.3, 0.4) is 0 Å². The Morgan fingerprint density at radius 1 is 1.00 bits per heavy atom. The number of para-hydroxylation sites is 1. The molecule has 0 atom stereocenters. The summed E-state index contributed by atoms with van der Waals surface area (Å²) in [6.45, 7) is 3.76. The molecule has 4 aromatic rings. The molecular weight excluding hydrogens is 402 g/mol. The molecule has 0 saturated heterocycles. The van der Waals surface area contributed by atoms with E-state index in [4.69, 9.17) is 0 Å². The van der Waals surface area contributed by atoms with Gasteiger partial charge >= 0.3 is 0 Å². The maximum absolute atomic E-state index is 12.3. The molecule has 2 aromatic heterocycles. The third-order valence-corrected chi connectivity index (χ3v) is 6.37. The second kappa shape index (κ2) is 8.59. The molecular formula is C21H19N5OS2. The molecule has 1 amide bonds. The molecule has 0 saturated carbocycles. The molecule has 2 N–H and O–H groups in total. The van der Waals surface area contributed by atoms with Gasteiger partial charge in [-0.25, -0.2) is 15.0 Å². The summed E-state index contributed by atoms with van der Waals surface area (Å²) < 4.78 is 2.24. The number of carbonyl (C=O) groups excluding carboxylic acids is 1. The number of anilines is 1. The number of thiazole rings is 1. The number of rotatable bonds is 6. The lowest BCUT2D eigenvalue weighted by Gasteiger charge is -2.08. The average Bonchev–Trinajstić information content (AvgIpc) is 3.13. The summed E-state index contributed by atoms with van der Waals surface area (Å²) in [7, 11) is 0. The largest absolute Gasteiger partial charge is 0.269 e. The van der Waals surface area contributed by atoms with Gasteiger partial charge < -0.3 is 0 Å². The molecule has 0 radical (unpaired) electrons. The van der Waals surface area contributed by atoms with Crippen LogP contribution in [0.25, 0.3) is 10.2 Å². The number of nitrogens with one attached hydrogen (secondary N) is 2. The Bertz CT molecular complexity index is 1100. The summed E-state index contributed by atoms with van der Waals surface area (Å²) in [6, 6.07) is 17.6. The van der Waals surface area contributed by atoms with E-state index < -0.39 is 0 Å². The summed E-state index contributed by atoms with van der Waals surface area (Å²) >= 11 is 3.40. The zero-order chi connectivity index (χ0) is 20.2. The second-order valence-corrected chi connectivity index (χ2v) is 8.74. The van der Waals surface area contributed by atoms with Gasteiger partial charge in [0.05, 0.1) is 10.2 Å². The number of aromatic nitrogens is 3. The lowest BCUT2D eigenvalue weighted by atomic mass is 10.1. The van der Waals surface area contributed by atoms with Crippen LogP contribution in [-0.4, -0.2) is 20.9 Å². The maximum atomic E-state index is 12.3. The van der Waals surface area contributed by atoms with Crippen LogP contribution in [0.15, 0.2) is 58.9 Å². The summed E-state index contributed by atoms with van der Waals surface area (Å²) in [4.78, 5) is 25.4. The minimum atomic E-state index is -0.238. The highest BCUT2D eigenvalue weighted by Crippen LogP contribution is 2.31. The summed E-state index contributed by atoms with van der Waals surface area (Å²) in [6.07, 6.45) is 0. The zero-order valence-corrected chi connectivity index (χ0v) is 17.6. The first-order valence-corrected chi connectivity index (χ1v) is 10.8. The van der Waals surface area contributed by atoms with Crippen molar-refractivity contribution in [1.82, 2.24) is 20.4 Å². The number of nitrogens with zero attached hydrogens (tertiary/aromatic N) is 3. The molecule has 2 heterocycles. The highest BCUT2D eigenvalue weighted by Gasteiger charge is 2.08. The molecule has 0 aliphatic rings. The first-order valence-electron chi connectivity index (χ1n) is 9.03. The Morgan fingerprint density at radius 3 is 2.45 bits per heavy atom. The van der Waals surface area contributed by atoms with Gasteiger partial charge in [0, 0.05) is 22.7 Å². The highest BCUT2D eigenvalue weighted by atomic mass is 32.2. The van der Waals surface area contributed by atoms with Gasteiger partial charge in [-0.15, -0.1) is 11.3 Å². The van der Waals surface area contributed by atoms with Crippen LogP contribution in [0, 0.1) is 13.8 Å². The topological polar surface area (TPSA) is 79.8 Å². The normalized spacial score (nSPS) is 10.8. The maximum Gasteiger partial charge on any atom is 0.269 e. The Hall–Kier alpha value is -2.97. The number of thioether (sulfide) groups is 1. The number of benzene rings is 2. The molecule has 0 aliphatic carbocycles. The van der Waals surface area contributed by atoms with Crippen molar-refractivity contribution in [3.05, 3.63) is 77.1 Å². The molecule has 0 bridgehead atoms. The van der Waals surface area contributed by atoms with E-state index in [1.54, 1.807) is 23.1 Å². The minimum absolute atomic E-state index is 0.238. The minimum Gasteiger partial charge on any atom is -0.267 e. The van der Waals surface area contributed by atoms with E-state index in [1.807, 2.05) is 62.4 Å². The molecule has 29 heavy (non-hydrogen) atoms. The first-order chi connectivity index (χ1) is 14.1. The number of hydrogen-bond donors (Lipinski definition) is 2. The molecule has 146 valence electrons. The fourth-order valence-corrected chi connectivity index (χ4v) is 4.80. The molecule has 0 spiro atoms. The van der Waals surface area contributed by atoms with Gasteiger partial charge in [0.1, 0.15) is 0 Å². The van der Waals surface area contributed by atoms with E-state index in [2.05, 4.69) is 31.9 Å². The van der Waals surface area contributed by atoms with Gasteiger partial charge in [-0.2, -0.15) is 0 Å². The molecule has 0 aliphatic heterocycles. The van der Waals surface area contributed by atoms with Gasteiger partial charge in [-0.05, 0) is 49.7 Å². The highest BCUT2D eigenvalue weighted by molar-refractivity contribution is 8.00. The van der Waals surface area contributed by atoms with E-state index in [9.17, 15) is 4.79 Å². The van der Waals surface area contributed by atoms with Gasteiger partial charge in [-0.3, -0.25) is 15.6 Å². The van der Waals surface area contributed by atoms with E-state index in [-0.39, 0.29) is 5.91 Å². The molecule has 2 aromatic carbocycles. The molecule has 6 nitrogen and oxygen atoms in total. The second-order valence-electron chi connectivity index (χ2n) is 6.49. The number of fused-ring (bicyclic) bond motifs is 1. The molecule has 0 fully saturated rings. The number of carbonyl (C=O) groups is 1. The smallest absolute Gasteiger partial charge is 0.267 e. The van der Waals surface area contributed by atoms with Crippen molar-refractivity contribution in [2.45, 2.75) is 23.9 Å². The van der Waals surface area contributed by atoms with Crippen LogP contribution in [-0.2, 0) is 5.75 Å². The van der Waals surface area contributed by atoms with Gasteiger partial charge in [0.15, 0.2) is 4.34 Å². The Morgan fingerprint density at radius 2 is 1.72 bits per heavy atom. The van der Waals surface area contributed by atoms with Crippen molar-refractivity contribution in [2.24, 2.45) is 0 Å².